The Morgan fingerprint density at radius 3 is 2.11 bits per heavy atom. The van der Waals surface area contributed by atoms with Gasteiger partial charge in [0.2, 0.25) is 0 Å². The van der Waals surface area contributed by atoms with E-state index in [1.54, 1.807) is 0 Å². The lowest BCUT2D eigenvalue weighted by molar-refractivity contribution is -0.125. The molecule has 0 aromatic carbocycles. The molecular weight excluding hydrogens is 406 g/mol. The summed E-state index contributed by atoms with van der Waals surface area (Å²) < 4.78 is 47.4. The fourth-order valence-electron chi connectivity index (χ4n) is 1.37. The average Bonchev–Trinajstić information content (AvgIpc) is 2.65. The largest absolute Gasteiger partial charge is 0.475 e. The number of rotatable bonds is 18. The lowest BCUT2D eigenvalue weighted by Crippen LogP contribution is -2.17. The first-order valence-corrected chi connectivity index (χ1v) is 11.0. The highest BCUT2D eigenvalue weighted by atomic mass is 31.2. The first-order valence-electron chi connectivity index (χ1n) is 8.08. The zero-order valence-corrected chi connectivity index (χ0v) is 16.9. The topological polar surface area (TPSA) is 155 Å². The van der Waals surface area contributed by atoms with Gasteiger partial charge in [0, 0.05) is 0 Å². The maximum atomic E-state index is 12.4. The van der Waals surface area contributed by atoms with Crippen molar-refractivity contribution in [2.45, 2.75) is 26.2 Å². The van der Waals surface area contributed by atoms with Crippen LogP contribution in [0.3, 0.4) is 0 Å². The quantitative estimate of drug-likeness (QED) is 0.185. The van der Waals surface area contributed by atoms with Crippen molar-refractivity contribution in [1.29, 1.82) is 0 Å². The van der Waals surface area contributed by atoms with Gasteiger partial charge in [0.15, 0.2) is 11.6 Å². The average molecular weight is 432 g/mol. The molecule has 0 spiro atoms. The van der Waals surface area contributed by atoms with Crippen LogP contribution in [-0.2, 0) is 41.3 Å². The maximum Gasteiger partial charge on any atom is 0.475 e. The van der Waals surface area contributed by atoms with Gasteiger partial charge in [0.25, 0.3) is 0 Å². The molecule has 0 aliphatic heterocycles. The molecule has 0 saturated heterocycles. The van der Waals surface area contributed by atoms with E-state index in [2.05, 4.69) is 15.6 Å². The zero-order chi connectivity index (χ0) is 20.8. The van der Waals surface area contributed by atoms with E-state index in [0.29, 0.717) is 6.42 Å². The van der Waals surface area contributed by atoms with Crippen LogP contribution in [0.25, 0.3) is 0 Å². The summed E-state index contributed by atoms with van der Waals surface area (Å²) in [5.74, 6) is -1.69. The van der Waals surface area contributed by atoms with Crippen LogP contribution in [0.4, 0.5) is 0 Å². The minimum absolute atomic E-state index is 0.103. The molecule has 11 nitrogen and oxygen atoms in total. The zero-order valence-electron chi connectivity index (χ0n) is 15.1. The summed E-state index contributed by atoms with van der Waals surface area (Å²) in [6.07, 6.45) is 3.71. The van der Waals surface area contributed by atoms with Gasteiger partial charge in [0.05, 0.1) is 13.2 Å². The van der Waals surface area contributed by atoms with Crippen molar-refractivity contribution < 1.29 is 51.3 Å². The van der Waals surface area contributed by atoms with Crippen molar-refractivity contribution in [3.05, 3.63) is 12.7 Å². The number of aliphatic hydroxyl groups excluding tert-OH is 1. The molecule has 0 aliphatic carbocycles. The summed E-state index contributed by atoms with van der Waals surface area (Å²) in [5, 5.41) is 8.48. The number of Topliss-reactive ketones (excluding diaryl/α,β-unsaturated/α-hetero) is 2. The number of carbonyl (C=O) groups excluding carboxylic acids is 2. The summed E-state index contributed by atoms with van der Waals surface area (Å²) in [5.41, 5.74) is 0. The van der Waals surface area contributed by atoms with Gasteiger partial charge in [-0.2, -0.15) is 0 Å². The summed E-state index contributed by atoms with van der Waals surface area (Å²) in [6, 6.07) is 0. The summed E-state index contributed by atoms with van der Waals surface area (Å²) >= 11 is 0. The van der Waals surface area contributed by atoms with Gasteiger partial charge in [0.1, 0.15) is 26.4 Å². The monoisotopic (exact) mass is 432 g/mol. The van der Waals surface area contributed by atoms with Gasteiger partial charge < -0.3 is 10.00 Å². The summed E-state index contributed by atoms with van der Waals surface area (Å²) in [4.78, 5) is 31.8. The number of phosphoric acid groups is 2. The number of ketones is 2. The van der Waals surface area contributed by atoms with Crippen LogP contribution in [0.5, 0.6) is 0 Å². The van der Waals surface area contributed by atoms with Crippen molar-refractivity contribution in [2.75, 3.05) is 39.6 Å². The van der Waals surface area contributed by atoms with Gasteiger partial charge in [-0.25, -0.2) is 9.13 Å². The Morgan fingerprint density at radius 2 is 1.56 bits per heavy atom. The second-order valence-corrected chi connectivity index (χ2v) is 8.22. The van der Waals surface area contributed by atoms with Crippen LogP contribution >= 0.6 is 15.6 Å². The van der Waals surface area contributed by atoms with E-state index >= 15 is 0 Å². The van der Waals surface area contributed by atoms with Gasteiger partial charge in [-0.3, -0.25) is 32.2 Å². The molecule has 0 aromatic heterocycles. The molecule has 0 rings (SSSR count). The fourth-order valence-corrected chi connectivity index (χ4v) is 3.22. The predicted octanol–water partition coefficient (Wildman–Crippen LogP) is 1.78. The molecule has 158 valence electrons. The second kappa shape index (κ2) is 14.3. The molecule has 0 amide bonds. The van der Waals surface area contributed by atoms with E-state index in [-0.39, 0.29) is 13.2 Å². The molecule has 2 unspecified atom stereocenters. The molecule has 0 saturated carbocycles. The van der Waals surface area contributed by atoms with Crippen molar-refractivity contribution in [2.24, 2.45) is 0 Å². The molecule has 0 radical (unpaired) electrons. The fraction of sp³-hybridized carbons (Fsp3) is 0.714. The molecular formula is C14H26O11P2. The Kier molecular flexibility index (Phi) is 13.9. The van der Waals surface area contributed by atoms with E-state index < -0.39 is 53.6 Å². The third-order valence-electron chi connectivity index (χ3n) is 2.69. The van der Waals surface area contributed by atoms with Crippen molar-refractivity contribution in [1.82, 2.24) is 0 Å². The standard InChI is InChI=1S/C14H26O11P2/c1-3-5-6-8-22-27(20,21-7-4-2)25-12-14(17)11-24-26(18,19)23-10-13(16)9-15/h4,15H,2-3,5-12H2,1H3,(H,18,19). The Bertz CT molecular complexity index is 563. The highest BCUT2D eigenvalue weighted by molar-refractivity contribution is 7.48. The minimum Gasteiger partial charge on any atom is -0.388 e. The van der Waals surface area contributed by atoms with E-state index in [9.17, 15) is 23.6 Å². The molecule has 27 heavy (non-hydrogen) atoms. The van der Waals surface area contributed by atoms with E-state index in [4.69, 9.17) is 18.7 Å². The Labute approximate surface area is 157 Å². The van der Waals surface area contributed by atoms with Gasteiger partial charge in [-0.05, 0) is 6.42 Å². The third kappa shape index (κ3) is 14.0. The number of carbonyl (C=O) groups is 2. The highest BCUT2D eigenvalue weighted by Crippen LogP contribution is 2.49. The Morgan fingerprint density at radius 1 is 0.963 bits per heavy atom. The van der Waals surface area contributed by atoms with Crippen LogP contribution in [0.1, 0.15) is 26.2 Å². The van der Waals surface area contributed by atoms with Crippen LogP contribution in [-0.4, -0.2) is 61.2 Å². The number of aliphatic hydroxyl groups is 1. The lowest BCUT2D eigenvalue weighted by Gasteiger charge is -2.17. The molecule has 0 heterocycles. The smallest absolute Gasteiger partial charge is 0.388 e. The third-order valence-corrected chi connectivity index (χ3v) is 5.01. The summed E-state index contributed by atoms with van der Waals surface area (Å²) in [6.45, 7) is 1.96. The van der Waals surface area contributed by atoms with Crippen LogP contribution in [0.15, 0.2) is 12.7 Å². The molecule has 0 aliphatic rings. The molecule has 2 atom stereocenters. The van der Waals surface area contributed by atoms with Crippen molar-refractivity contribution in [3.8, 4) is 0 Å². The molecule has 0 aromatic rings. The SMILES string of the molecule is C=CCOP(=O)(OCCCCC)OCC(=O)COP(=O)(O)OCC(=O)CO. The normalized spacial score (nSPS) is 15.7. The Balaban J connectivity index is 4.41. The maximum absolute atomic E-state index is 12.4. The number of hydrogen-bond donors (Lipinski definition) is 2. The number of hydrogen-bond acceptors (Lipinski definition) is 10. The van der Waals surface area contributed by atoms with Gasteiger partial charge in [-0.15, -0.1) is 6.58 Å². The first-order chi connectivity index (χ1) is 12.7. The van der Waals surface area contributed by atoms with Crippen LogP contribution in [0.2, 0.25) is 0 Å². The van der Waals surface area contributed by atoms with Crippen molar-refractivity contribution in [3.63, 3.8) is 0 Å². The second-order valence-electron chi connectivity index (χ2n) is 5.10. The van der Waals surface area contributed by atoms with Gasteiger partial charge in [-0.1, -0.05) is 25.8 Å². The molecule has 13 heteroatoms. The first kappa shape index (κ1) is 26.3. The van der Waals surface area contributed by atoms with Crippen LogP contribution in [0, 0.1) is 0 Å². The lowest BCUT2D eigenvalue weighted by atomic mass is 10.3. The number of phosphoric ester groups is 2. The Hall–Kier alpha value is -0.740. The van der Waals surface area contributed by atoms with Gasteiger partial charge >= 0.3 is 15.6 Å². The molecule has 2 N–H and O–H groups in total. The van der Waals surface area contributed by atoms with E-state index in [1.807, 2.05) is 6.92 Å². The van der Waals surface area contributed by atoms with E-state index in [1.165, 1.54) is 6.08 Å². The predicted molar refractivity (Wildman–Crippen MR) is 94.0 cm³/mol. The molecule has 0 fully saturated rings. The van der Waals surface area contributed by atoms with E-state index in [0.717, 1.165) is 12.8 Å². The molecule has 0 bridgehead atoms. The van der Waals surface area contributed by atoms with Crippen LogP contribution < -0.4 is 0 Å². The highest BCUT2D eigenvalue weighted by Gasteiger charge is 2.29. The summed E-state index contributed by atoms with van der Waals surface area (Å²) in [7, 11) is -8.68. The number of unbranched alkanes of at least 4 members (excludes halogenated alkanes) is 2. The minimum atomic E-state index is -4.67. The van der Waals surface area contributed by atoms with Crippen molar-refractivity contribution >= 4 is 27.2 Å².